The zero-order chi connectivity index (χ0) is 21.4. The number of piperazine rings is 1. The number of hydrogen-bond donors (Lipinski definition) is 0. The van der Waals surface area contributed by atoms with Crippen molar-refractivity contribution < 1.29 is 12.8 Å². The van der Waals surface area contributed by atoms with E-state index >= 15 is 0 Å². The van der Waals surface area contributed by atoms with Gasteiger partial charge in [-0.2, -0.15) is 4.31 Å². The Hall–Kier alpha value is -2.78. The van der Waals surface area contributed by atoms with Gasteiger partial charge in [-0.25, -0.2) is 13.4 Å². The van der Waals surface area contributed by atoms with Gasteiger partial charge in [-0.3, -0.25) is 0 Å². The molecular formula is C22H25N5O3S. The second-order valence-corrected chi connectivity index (χ2v) is 9.92. The first-order valence-electron chi connectivity index (χ1n) is 10.7. The summed E-state index contributed by atoms with van der Waals surface area (Å²) in [6.45, 7) is 3.92. The van der Waals surface area contributed by atoms with Crippen molar-refractivity contribution in [3.63, 3.8) is 0 Å². The molecule has 1 aromatic carbocycles. The minimum atomic E-state index is -3.51. The zero-order valence-corrected chi connectivity index (χ0v) is 18.3. The normalized spacial score (nSPS) is 17.8. The van der Waals surface area contributed by atoms with E-state index in [0.29, 0.717) is 48.8 Å². The summed E-state index contributed by atoms with van der Waals surface area (Å²) in [6.07, 6.45) is 4.81. The summed E-state index contributed by atoms with van der Waals surface area (Å²) in [4.78, 5) is 6.97. The summed E-state index contributed by atoms with van der Waals surface area (Å²) >= 11 is 0. The highest BCUT2D eigenvalue weighted by atomic mass is 32.2. The van der Waals surface area contributed by atoms with Crippen LogP contribution >= 0.6 is 0 Å². The number of benzene rings is 1. The van der Waals surface area contributed by atoms with E-state index < -0.39 is 10.0 Å². The molecular weight excluding hydrogens is 414 g/mol. The summed E-state index contributed by atoms with van der Waals surface area (Å²) in [5.41, 5.74) is 1.91. The van der Waals surface area contributed by atoms with E-state index in [1.165, 1.54) is 0 Å². The van der Waals surface area contributed by atoms with Crippen LogP contribution in [0.3, 0.4) is 0 Å². The molecule has 31 heavy (non-hydrogen) atoms. The van der Waals surface area contributed by atoms with Crippen LogP contribution in [0.1, 0.15) is 37.1 Å². The SMILES string of the molecule is CCc1ccc(S(=O)(=O)N2CCN(c3ncccc3-c3nnc(C4CC4)o3)CC2)cc1. The van der Waals surface area contributed by atoms with Crippen molar-refractivity contribution in [2.45, 2.75) is 37.0 Å². The molecule has 162 valence electrons. The molecule has 0 unspecified atom stereocenters. The van der Waals surface area contributed by atoms with Gasteiger partial charge in [-0.05, 0) is 49.1 Å². The molecule has 2 aromatic heterocycles. The largest absolute Gasteiger partial charge is 0.420 e. The maximum Gasteiger partial charge on any atom is 0.251 e. The van der Waals surface area contributed by atoms with Gasteiger partial charge < -0.3 is 9.32 Å². The fourth-order valence-corrected chi connectivity index (χ4v) is 5.26. The molecule has 1 aliphatic heterocycles. The van der Waals surface area contributed by atoms with Gasteiger partial charge in [0.1, 0.15) is 5.82 Å². The Morgan fingerprint density at radius 2 is 1.77 bits per heavy atom. The topological polar surface area (TPSA) is 92.4 Å². The third-order valence-corrected chi connectivity index (χ3v) is 7.80. The monoisotopic (exact) mass is 439 g/mol. The van der Waals surface area contributed by atoms with Gasteiger partial charge in [0.15, 0.2) is 0 Å². The van der Waals surface area contributed by atoms with Crippen LogP contribution in [-0.4, -0.2) is 54.1 Å². The van der Waals surface area contributed by atoms with E-state index in [4.69, 9.17) is 4.42 Å². The molecule has 3 aromatic rings. The molecule has 1 aliphatic carbocycles. The Morgan fingerprint density at radius 3 is 2.45 bits per heavy atom. The lowest BCUT2D eigenvalue weighted by Gasteiger charge is -2.35. The maximum atomic E-state index is 13.0. The van der Waals surface area contributed by atoms with Gasteiger partial charge >= 0.3 is 0 Å². The second-order valence-electron chi connectivity index (χ2n) is 7.98. The first-order valence-corrected chi connectivity index (χ1v) is 12.1. The predicted molar refractivity (Wildman–Crippen MR) is 116 cm³/mol. The molecule has 0 atom stereocenters. The standard InChI is InChI=1S/C22H25N5O3S/c1-2-16-5-9-18(10-6-16)31(28,29)27-14-12-26(13-15-27)20-19(4-3-11-23-20)22-25-24-21(30-22)17-7-8-17/h3-6,9-11,17H,2,7-8,12-15H2,1H3. The number of aryl methyl sites for hydroxylation is 1. The van der Waals surface area contributed by atoms with E-state index in [0.717, 1.165) is 36.2 Å². The zero-order valence-electron chi connectivity index (χ0n) is 17.4. The molecule has 0 spiro atoms. The third-order valence-electron chi connectivity index (χ3n) is 5.89. The lowest BCUT2D eigenvalue weighted by molar-refractivity contribution is 0.384. The highest BCUT2D eigenvalue weighted by Crippen LogP contribution is 2.40. The molecule has 0 bridgehead atoms. The number of rotatable bonds is 6. The fraction of sp³-hybridized carbons (Fsp3) is 0.409. The Kier molecular flexibility index (Phi) is 5.23. The smallest absolute Gasteiger partial charge is 0.251 e. The van der Waals surface area contributed by atoms with Crippen LogP contribution in [0.5, 0.6) is 0 Å². The minimum absolute atomic E-state index is 0.343. The third kappa shape index (κ3) is 3.95. The maximum absolute atomic E-state index is 13.0. The van der Waals surface area contributed by atoms with Crippen LogP contribution in [0.4, 0.5) is 5.82 Å². The Balaban J connectivity index is 1.32. The molecule has 3 heterocycles. The molecule has 2 fully saturated rings. The number of hydrogen-bond acceptors (Lipinski definition) is 7. The van der Waals surface area contributed by atoms with E-state index in [2.05, 4.69) is 27.0 Å². The van der Waals surface area contributed by atoms with E-state index in [1.807, 2.05) is 24.3 Å². The average molecular weight is 440 g/mol. The first-order chi connectivity index (χ1) is 15.1. The van der Waals surface area contributed by atoms with Gasteiger partial charge in [-0.15, -0.1) is 10.2 Å². The number of nitrogens with zero attached hydrogens (tertiary/aromatic N) is 5. The van der Waals surface area contributed by atoms with E-state index in [9.17, 15) is 8.42 Å². The number of anilines is 1. The minimum Gasteiger partial charge on any atom is -0.420 e. The summed E-state index contributed by atoms with van der Waals surface area (Å²) < 4.78 is 33.5. The predicted octanol–water partition coefficient (Wildman–Crippen LogP) is 3.08. The van der Waals surface area contributed by atoms with E-state index in [1.54, 1.807) is 22.6 Å². The number of sulfonamides is 1. The van der Waals surface area contributed by atoms with Crippen molar-refractivity contribution in [2.75, 3.05) is 31.1 Å². The van der Waals surface area contributed by atoms with Crippen molar-refractivity contribution in [1.29, 1.82) is 0 Å². The lowest BCUT2D eigenvalue weighted by atomic mass is 10.2. The summed E-state index contributed by atoms with van der Waals surface area (Å²) in [5, 5.41) is 8.40. The molecule has 9 heteroatoms. The van der Waals surface area contributed by atoms with Crippen LogP contribution in [0, 0.1) is 0 Å². The molecule has 1 saturated heterocycles. The summed E-state index contributed by atoms with van der Waals surface area (Å²) in [5.74, 6) is 2.30. The van der Waals surface area contributed by atoms with Gasteiger partial charge in [-0.1, -0.05) is 19.1 Å². The van der Waals surface area contributed by atoms with Crippen molar-refractivity contribution >= 4 is 15.8 Å². The molecule has 0 N–H and O–H groups in total. The molecule has 1 saturated carbocycles. The Morgan fingerprint density at radius 1 is 1.03 bits per heavy atom. The number of pyridine rings is 1. The average Bonchev–Trinajstić information content (AvgIpc) is 3.56. The van der Waals surface area contributed by atoms with Crippen LogP contribution in [0.2, 0.25) is 0 Å². The van der Waals surface area contributed by atoms with Crippen LogP contribution in [0.25, 0.3) is 11.5 Å². The highest BCUT2D eigenvalue weighted by molar-refractivity contribution is 7.89. The Bertz CT molecular complexity index is 1160. The van der Waals surface area contributed by atoms with Gasteiger partial charge in [0.05, 0.1) is 10.5 Å². The van der Waals surface area contributed by atoms with Crippen molar-refractivity contribution in [3.8, 4) is 11.5 Å². The highest BCUT2D eigenvalue weighted by Gasteiger charge is 2.32. The van der Waals surface area contributed by atoms with Crippen molar-refractivity contribution in [3.05, 3.63) is 54.0 Å². The van der Waals surface area contributed by atoms with Gasteiger partial charge in [0.25, 0.3) is 5.89 Å². The van der Waals surface area contributed by atoms with Gasteiger partial charge in [0, 0.05) is 38.3 Å². The second kappa shape index (κ2) is 8.05. The summed E-state index contributed by atoms with van der Waals surface area (Å²) in [6, 6.07) is 10.9. The van der Waals surface area contributed by atoms with E-state index in [-0.39, 0.29) is 0 Å². The van der Waals surface area contributed by atoms with Crippen LogP contribution in [0.15, 0.2) is 51.9 Å². The first kappa shape index (κ1) is 20.1. The molecule has 8 nitrogen and oxygen atoms in total. The van der Waals surface area contributed by atoms with Crippen molar-refractivity contribution in [2.24, 2.45) is 0 Å². The molecule has 0 amide bonds. The van der Waals surface area contributed by atoms with Crippen LogP contribution < -0.4 is 4.90 Å². The fourth-order valence-electron chi connectivity index (χ4n) is 3.84. The van der Waals surface area contributed by atoms with Crippen molar-refractivity contribution in [1.82, 2.24) is 19.5 Å². The van der Waals surface area contributed by atoms with Crippen LogP contribution in [-0.2, 0) is 16.4 Å². The Labute approximate surface area is 182 Å². The number of aromatic nitrogens is 3. The lowest BCUT2D eigenvalue weighted by Crippen LogP contribution is -2.49. The molecule has 0 radical (unpaired) electrons. The molecule has 2 aliphatic rings. The quantitative estimate of drug-likeness (QED) is 0.583. The molecule has 5 rings (SSSR count). The van der Waals surface area contributed by atoms with Gasteiger partial charge in [0.2, 0.25) is 15.9 Å². The summed E-state index contributed by atoms with van der Waals surface area (Å²) in [7, 11) is -3.51.